The Labute approximate surface area is 106 Å². The molecule has 2 heterocycles. The van der Waals surface area contributed by atoms with E-state index in [1.54, 1.807) is 0 Å². The fraction of sp³-hybridized carbons (Fsp3) is 0.667. The predicted octanol–water partition coefficient (Wildman–Crippen LogP) is 2.30. The highest BCUT2D eigenvalue weighted by Gasteiger charge is 2.28. The van der Waals surface area contributed by atoms with Gasteiger partial charge in [0.2, 0.25) is 0 Å². The Morgan fingerprint density at radius 3 is 3.00 bits per heavy atom. The lowest BCUT2D eigenvalue weighted by molar-refractivity contribution is 0.0790. The van der Waals surface area contributed by atoms with Crippen LogP contribution in [0.3, 0.4) is 0 Å². The van der Waals surface area contributed by atoms with Gasteiger partial charge in [0, 0.05) is 13.1 Å². The lowest BCUT2D eigenvalue weighted by atomic mass is 10.0. The molecule has 1 aliphatic heterocycles. The van der Waals surface area contributed by atoms with Crippen LogP contribution in [0, 0.1) is 12.8 Å². The molecule has 17 heavy (non-hydrogen) atoms. The molecule has 1 unspecified atom stereocenters. The number of hydrogen-bond acceptors (Lipinski definition) is 4. The van der Waals surface area contributed by atoms with Crippen LogP contribution in [-0.2, 0) is 0 Å². The Morgan fingerprint density at radius 2 is 2.41 bits per heavy atom. The Kier molecular flexibility index (Phi) is 3.66. The molecule has 0 saturated carbocycles. The van der Waals surface area contributed by atoms with Gasteiger partial charge in [0.05, 0.1) is 5.69 Å². The maximum atomic E-state index is 12.3. The largest absolute Gasteiger partial charge is 0.375 e. The van der Waals surface area contributed by atoms with E-state index in [1.807, 2.05) is 11.8 Å². The minimum atomic E-state index is 0.107. The summed E-state index contributed by atoms with van der Waals surface area (Å²) < 4.78 is 0. The first kappa shape index (κ1) is 12.4. The molecule has 0 bridgehead atoms. The standard InChI is InChI=1S/C12H19N3OS/c1-3-4-9-5-6-15(7-9)11(16)10-8(2)14-12(13)17-10/h9H,3-7H2,1-2H3,(H2,13,14). The van der Waals surface area contributed by atoms with Gasteiger partial charge < -0.3 is 10.6 Å². The van der Waals surface area contributed by atoms with E-state index in [0.29, 0.717) is 15.9 Å². The van der Waals surface area contributed by atoms with E-state index >= 15 is 0 Å². The highest BCUT2D eigenvalue weighted by Crippen LogP contribution is 2.26. The number of rotatable bonds is 3. The van der Waals surface area contributed by atoms with Gasteiger partial charge in [-0.3, -0.25) is 4.79 Å². The van der Waals surface area contributed by atoms with Crippen molar-refractivity contribution in [3.05, 3.63) is 10.6 Å². The average Bonchev–Trinajstić information content (AvgIpc) is 2.85. The zero-order chi connectivity index (χ0) is 12.4. The summed E-state index contributed by atoms with van der Waals surface area (Å²) in [5.74, 6) is 0.782. The molecule has 1 aromatic heterocycles. The highest BCUT2D eigenvalue weighted by atomic mass is 32.1. The van der Waals surface area contributed by atoms with Crippen LogP contribution in [0.25, 0.3) is 0 Å². The molecule has 1 atom stereocenters. The number of thiazole rings is 1. The van der Waals surface area contributed by atoms with Crippen molar-refractivity contribution in [3.63, 3.8) is 0 Å². The molecule has 1 aliphatic rings. The summed E-state index contributed by atoms with van der Waals surface area (Å²) in [7, 11) is 0. The topological polar surface area (TPSA) is 59.2 Å². The number of anilines is 1. The van der Waals surface area contributed by atoms with E-state index in [9.17, 15) is 4.79 Å². The van der Waals surface area contributed by atoms with Gasteiger partial charge in [0.25, 0.3) is 5.91 Å². The summed E-state index contributed by atoms with van der Waals surface area (Å²) in [5.41, 5.74) is 6.39. The van der Waals surface area contributed by atoms with Gasteiger partial charge >= 0.3 is 0 Å². The molecule has 1 saturated heterocycles. The van der Waals surface area contributed by atoms with Crippen molar-refractivity contribution in [2.45, 2.75) is 33.1 Å². The minimum Gasteiger partial charge on any atom is -0.375 e. The molecule has 1 fully saturated rings. The van der Waals surface area contributed by atoms with E-state index in [2.05, 4.69) is 11.9 Å². The zero-order valence-electron chi connectivity index (χ0n) is 10.4. The van der Waals surface area contributed by atoms with Gasteiger partial charge in [0.1, 0.15) is 4.88 Å². The van der Waals surface area contributed by atoms with Crippen LogP contribution >= 0.6 is 11.3 Å². The summed E-state index contributed by atoms with van der Waals surface area (Å²) in [6.07, 6.45) is 3.54. The van der Waals surface area contributed by atoms with Gasteiger partial charge in [-0.05, 0) is 25.7 Å². The lowest BCUT2D eigenvalue weighted by Crippen LogP contribution is -2.28. The molecule has 1 aromatic rings. The molecule has 0 radical (unpaired) electrons. The van der Waals surface area contributed by atoms with Gasteiger partial charge in [-0.1, -0.05) is 24.7 Å². The SMILES string of the molecule is CCCC1CCN(C(=O)c2sc(N)nc2C)C1. The number of aromatic nitrogens is 1. The van der Waals surface area contributed by atoms with E-state index < -0.39 is 0 Å². The summed E-state index contributed by atoms with van der Waals surface area (Å²) in [5, 5.41) is 0.482. The number of hydrogen-bond donors (Lipinski definition) is 1. The fourth-order valence-electron chi connectivity index (χ4n) is 2.42. The Balaban J connectivity index is 2.04. The third kappa shape index (κ3) is 2.60. The van der Waals surface area contributed by atoms with Crippen molar-refractivity contribution in [3.8, 4) is 0 Å². The molecule has 0 aliphatic carbocycles. The van der Waals surface area contributed by atoms with Gasteiger partial charge in [-0.15, -0.1) is 0 Å². The highest BCUT2D eigenvalue weighted by molar-refractivity contribution is 7.17. The van der Waals surface area contributed by atoms with Gasteiger partial charge in [-0.2, -0.15) is 0 Å². The van der Waals surface area contributed by atoms with Crippen molar-refractivity contribution in [1.82, 2.24) is 9.88 Å². The molecular formula is C12H19N3OS. The second-order valence-electron chi connectivity index (χ2n) is 4.66. The molecule has 4 nitrogen and oxygen atoms in total. The third-order valence-electron chi connectivity index (χ3n) is 3.28. The van der Waals surface area contributed by atoms with E-state index in [4.69, 9.17) is 5.73 Å². The molecule has 0 spiro atoms. The zero-order valence-corrected chi connectivity index (χ0v) is 11.2. The molecule has 2 rings (SSSR count). The number of aryl methyl sites for hydroxylation is 1. The van der Waals surface area contributed by atoms with Crippen molar-refractivity contribution in [1.29, 1.82) is 0 Å². The first-order valence-corrected chi connectivity index (χ1v) is 6.95. The van der Waals surface area contributed by atoms with E-state index in [-0.39, 0.29) is 5.91 Å². The first-order valence-electron chi connectivity index (χ1n) is 6.14. The normalized spacial score (nSPS) is 19.9. The van der Waals surface area contributed by atoms with Crippen LogP contribution in [-0.4, -0.2) is 28.9 Å². The number of nitrogen functional groups attached to an aromatic ring is 1. The molecule has 94 valence electrons. The van der Waals surface area contributed by atoms with Crippen LogP contribution in [0.15, 0.2) is 0 Å². The van der Waals surface area contributed by atoms with E-state index in [0.717, 1.165) is 25.2 Å². The Hall–Kier alpha value is -1.10. The predicted molar refractivity (Wildman–Crippen MR) is 70.2 cm³/mol. The summed E-state index contributed by atoms with van der Waals surface area (Å²) in [4.78, 5) is 19.0. The number of carbonyl (C=O) groups excluding carboxylic acids is 1. The molecule has 0 aromatic carbocycles. The lowest BCUT2D eigenvalue weighted by Gasteiger charge is -2.15. The first-order chi connectivity index (χ1) is 8.11. The van der Waals surface area contributed by atoms with Crippen molar-refractivity contribution in [2.75, 3.05) is 18.8 Å². The molecule has 1 amide bonds. The molecule has 2 N–H and O–H groups in total. The monoisotopic (exact) mass is 253 g/mol. The Morgan fingerprint density at radius 1 is 1.65 bits per heavy atom. The number of nitrogens with two attached hydrogens (primary N) is 1. The maximum Gasteiger partial charge on any atom is 0.265 e. The summed E-state index contributed by atoms with van der Waals surface area (Å²) in [6.45, 7) is 5.81. The Bertz CT molecular complexity index is 416. The summed E-state index contributed by atoms with van der Waals surface area (Å²) >= 11 is 1.30. The van der Waals surface area contributed by atoms with Crippen molar-refractivity contribution >= 4 is 22.4 Å². The van der Waals surface area contributed by atoms with Crippen LogP contribution < -0.4 is 5.73 Å². The smallest absolute Gasteiger partial charge is 0.265 e. The quantitative estimate of drug-likeness (QED) is 0.899. The minimum absolute atomic E-state index is 0.107. The number of carbonyl (C=O) groups is 1. The molecule has 5 heteroatoms. The third-order valence-corrected chi connectivity index (χ3v) is 4.25. The second-order valence-corrected chi connectivity index (χ2v) is 5.69. The van der Waals surface area contributed by atoms with Crippen LogP contribution in [0.1, 0.15) is 41.6 Å². The van der Waals surface area contributed by atoms with Crippen molar-refractivity contribution < 1.29 is 4.79 Å². The number of likely N-dealkylation sites (tertiary alicyclic amines) is 1. The molecular weight excluding hydrogens is 234 g/mol. The fourth-order valence-corrected chi connectivity index (χ4v) is 3.22. The van der Waals surface area contributed by atoms with Gasteiger partial charge in [-0.25, -0.2) is 4.98 Å². The second kappa shape index (κ2) is 5.04. The summed E-state index contributed by atoms with van der Waals surface area (Å²) in [6, 6.07) is 0. The average molecular weight is 253 g/mol. The van der Waals surface area contributed by atoms with Crippen molar-refractivity contribution in [2.24, 2.45) is 5.92 Å². The van der Waals surface area contributed by atoms with Gasteiger partial charge in [0.15, 0.2) is 5.13 Å². The van der Waals surface area contributed by atoms with E-state index in [1.165, 1.54) is 24.2 Å². The number of nitrogens with zero attached hydrogens (tertiary/aromatic N) is 2. The van der Waals surface area contributed by atoms with Crippen LogP contribution in [0.2, 0.25) is 0 Å². The van der Waals surface area contributed by atoms with Crippen LogP contribution in [0.5, 0.6) is 0 Å². The number of amides is 1. The maximum absolute atomic E-state index is 12.3. The van der Waals surface area contributed by atoms with Crippen LogP contribution in [0.4, 0.5) is 5.13 Å².